The molecule has 0 saturated carbocycles. The van der Waals surface area contributed by atoms with Gasteiger partial charge in [0.2, 0.25) is 11.8 Å². The minimum Gasteiger partial charge on any atom is -0.485 e. The number of ether oxygens (including phenoxy) is 1. The van der Waals surface area contributed by atoms with Crippen LogP contribution >= 0.6 is 0 Å². The van der Waals surface area contributed by atoms with Crippen LogP contribution in [-0.4, -0.2) is 65.3 Å². The molecule has 2 unspecified atom stereocenters. The Balaban J connectivity index is 1.46. The predicted octanol–water partition coefficient (Wildman–Crippen LogP) is 1.96. The van der Waals surface area contributed by atoms with Crippen LogP contribution in [0.1, 0.15) is 55.8 Å². The minimum absolute atomic E-state index is 0.0210. The number of fused-ring (bicyclic) bond motifs is 1. The number of nitrogens with zero attached hydrogens (tertiary/aromatic N) is 2. The lowest BCUT2D eigenvalue weighted by atomic mass is 9.94. The molecule has 1 N–H and O–H groups in total. The molecule has 0 aromatic heterocycles. The van der Waals surface area contributed by atoms with Gasteiger partial charge in [-0.25, -0.2) is 0 Å². The molecular weight excluding hydrogens is 370 g/mol. The van der Waals surface area contributed by atoms with Crippen LogP contribution in [0.3, 0.4) is 0 Å². The summed E-state index contributed by atoms with van der Waals surface area (Å²) in [6.07, 6.45) is 4.61. The molecule has 3 heterocycles. The van der Waals surface area contributed by atoms with Crippen molar-refractivity contribution >= 4 is 17.7 Å². The van der Waals surface area contributed by atoms with Gasteiger partial charge >= 0.3 is 0 Å². The summed E-state index contributed by atoms with van der Waals surface area (Å²) in [5.74, 6) is 0.412. The van der Waals surface area contributed by atoms with E-state index in [2.05, 4.69) is 12.2 Å². The highest BCUT2D eigenvalue weighted by molar-refractivity contribution is 5.97. The lowest BCUT2D eigenvalue weighted by Crippen LogP contribution is -2.49. The highest BCUT2D eigenvalue weighted by atomic mass is 16.5. The second kappa shape index (κ2) is 8.05. The van der Waals surface area contributed by atoms with Crippen molar-refractivity contribution in [1.29, 1.82) is 0 Å². The van der Waals surface area contributed by atoms with Gasteiger partial charge in [-0.1, -0.05) is 12.1 Å². The van der Waals surface area contributed by atoms with Crippen molar-refractivity contribution in [1.82, 2.24) is 15.1 Å². The summed E-state index contributed by atoms with van der Waals surface area (Å²) in [5, 5.41) is 2.95. The molecule has 0 radical (unpaired) electrons. The molecule has 2 saturated heterocycles. The first-order valence-corrected chi connectivity index (χ1v) is 10.6. The predicted molar refractivity (Wildman–Crippen MR) is 108 cm³/mol. The second-order valence-corrected chi connectivity index (χ2v) is 8.46. The highest BCUT2D eigenvalue weighted by Crippen LogP contribution is 2.33. The summed E-state index contributed by atoms with van der Waals surface area (Å²) in [6, 6.07) is 7.44. The number of carbonyl (C=O) groups excluding carboxylic acids is 3. The van der Waals surface area contributed by atoms with Crippen LogP contribution in [0.5, 0.6) is 5.75 Å². The van der Waals surface area contributed by atoms with Gasteiger partial charge in [0.1, 0.15) is 11.4 Å². The van der Waals surface area contributed by atoms with Gasteiger partial charge in [-0.2, -0.15) is 0 Å². The Bertz CT molecular complexity index is 811. The summed E-state index contributed by atoms with van der Waals surface area (Å²) in [5.41, 5.74) is -0.111. The Morgan fingerprint density at radius 2 is 2.03 bits per heavy atom. The first-order valence-electron chi connectivity index (χ1n) is 10.6. The molecule has 3 aliphatic rings. The number of hydrogen-bond donors (Lipinski definition) is 1. The van der Waals surface area contributed by atoms with Gasteiger partial charge in [-0.3, -0.25) is 14.4 Å². The zero-order chi connectivity index (χ0) is 20.4. The Hall–Kier alpha value is -2.57. The highest BCUT2D eigenvalue weighted by Gasteiger charge is 2.40. The largest absolute Gasteiger partial charge is 0.485 e. The monoisotopic (exact) mass is 399 g/mol. The Labute approximate surface area is 171 Å². The van der Waals surface area contributed by atoms with Crippen LogP contribution in [-0.2, 0) is 9.59 Å². The molecule has 29 heavy (non-hydrogen) atoms. The molecule has 156 valence electrons. The van der Waals surface area contributed by atoms with Gasteiger partial charge < -0.3 is 19.9 Å². The SMILES string of the molecule is CC1CCCCN1C(=O)CN1CCC2(CCC1=O)CNC(=O)c1ccccc1O2. The Kier molecular flexibility index (Phi) is 5.48. The third-order valence-electron chi connectivity index (χ3n) is 6.46. The molecule has 4 rings (SSSR count). The molecule has 7 heteroatoms. The average molecular weight is 399 g/mol. The third-order valence-corrected chi connectivity index (χ3v) is 6.46. The van der Waals surface area contributed by atoms with Crippen molar-refractivity contribution in [2.45, 2.75) is 57.1 Å². The molecule has 1 aromatic carbocycles. The van der Waals surface area contributed by atoms with Crippen molar-refractivity contribution in [2.75, 3.05) is 26.2 Å². The van der Waals surface area contributed by atoms with Crippen LogP contribution in [0, 0.1) is 0 Å². The summed E-state index contributed by atoms with van der Waals surface area (Å²) < 4.78 is 6.31. The average Bonchev–Trinajstić information content (AvgIpc) is 2.96. The van der Waals surface area contributed by atoms with Gasteiger partial charge in [0.05, 0.1) is 18.7 Å². The van der Waals surface area contributed by atoms with Gasteiger partial charge in [0.15, 0.2) is 0 Å². The maximum Gasteiger partial charge on any atom is 0.255 e. The molecule has 3 amide bonds. The van der Waals surface area contributed by atoms with E-state index in [1.807, 2.05) is 17.0 Å². The number of hydrogen-bond acceptors (Lipinski definition) is 4. The zero-order valence-electron chi connectivity index (χ0n) is 17.0. The van der Waals surface area contributed by atoms with Crippen LogP contribution in [0.15, 0.2) is 24.3 Å². The Morgan fingerprint density at radius 3 is 2.86 bits per heavy atom. The number of piperidine rings is 1. The van der Waals surface area contributed by atoms with Crippen molar-refractivity contribution in [3.63, 3.8) is 0 Å². The van der Waals surface area contributed by atoms with E-state index in [9.17, 15) is 14.4 Å². The standard InChI is InChI=1S/C22H29N3O4/c1-16-6-4-5-12-25(16)20(27)14-24-13-11-22(10-9-19(24)26)15-23-21(28)17-7-2-3-8-18(17)29-22/h2-3,7-8,16H,4-6,9-15H2,1H3,(H,23,28). The smallest absolute Gasteiger partial charge is 0.255 e. The molecule has 3 aliphatic heterocycles. The number of likely N-dealkylation sites (tertiary alicyclic amines) is 2. The van der Waals surface area contributed by atoms with Crippen LogP contribution in [0.4, 0.5) is 0 Å². The van der Waals surface area contributed by atoms with E-state index in [0.29, 0.717) is 43.7 Å². The van der Waals surface area contributed by atoms with E-state index in [-0.39, 0.29) is 30.3 Å². The second-order valence-electron chi connectivity index (χ2n) is 8.46. The summed E-state index contributed by atoms with van der Waals surface area (Å²) in [6.45, 7) is 3.79. The van der Waals surface area contributed by atoms with Crippen LogP contribution in [0.2, 0.25) is 0 Å². The van der Waals surface area contributed by atoms with Crippen LogP contribution < -0.4 is 10.1 Å². The topological polar surface area (TPSA) is 79.0 Å². The maximum absolute atomic E-state index is 12.8. The number of amides is 3. The van der Waals surface area contributed by atoms with E-state index >= 15 is 0 Å². The molecule has 2 atom stereocenters. The molecule has 7 nitrogen and oxygen atoms in total. The molecule has 1 aromatic rings. The summed E-state index contributed by atoms with van der Waals surface area (Å²) >= 11 is 0. The fourth-order valence-electron chi connectivity index (χ4n) is 4.60. The van der Waals surface area contributed by atoms with Crippen molar-refractivity contribution in [3.8, 4) is 5.75 Å². The van der Waals surface area contributed by atoms with E-state index < -0.39 is 5.60 Å². The zero-order valence-corrected chi connectivity index (χ0v) is 17.0. The molecule has 0 bridgehead atoms. The number of benzene rings is 1. The van der Waals surface area contributed by atoms with Crippen molar-refractivity contribution in [3.05, 3.63) is 29.8 Å². The number of rotatable bonds is 2. The fourth-order valence-corrected chi connectivity index (χ4v) is 4.60. The first kappa shape index (κ1) is 19.7. The van der Waals surface area contributed by atoms with E-state index in [1.165, 1.54) is 0 Å². The third kappa shape index (κ3) is 4.09. The number of carbonyl (C=O) groups is 3. The van der Waals surface area contributed by atoms with Gasteiger partial charge in [0.25, 0.3) is 5.91 Å². The maximum atomic E-state index is 12.8. The molecule has 2 fully saturated rings. The number of nitrogens with one attached hydrogen (secondary N) is 1. The first-order chi connectivity index (χ1) is 14.0. The summed E-state index contributed by atoms with van der Waals surface area (Å²) in [4.78, 5) is 41.5. The van der Waals surface area contributed by atoms with Crippen molar-refractivity contribution in [2.24, 2.45) is 0 Å². The normalized spacial score (nSPS) is 27.6. The lowest BCUT2D eigenvalue weighted by Gasteiger charge is -2.35. The quantitative estimate of drug-likeness (QED) is 0.825. The molecule has 0 aliphatic carbocycles. The molecule has 1 spiro atoms. The van der Waals surface area contributed by atoms with Gasteiger partial charge in [-0.05, 0) is 44.7 Å². The van der Waals surface area contributed by atoms with Gasteiger partial charge in [0, 0.05) is 32.0 Å². The minimum atomic E-state index is -0.631. The van der Waals surface area contributed by atoms with E-state index in [4.69, 9.17) is 4.74 Å². The van der Waals surface area contributed by atoms with Gasteiger partial charge in [-0.15, -0.1) is 0 Å². The summed E-state index contributed by atoms with van der Waals surface area (Å²) in [7, 11) is 0. The van der Waals surface area contributed by atoms with Crippen LogP contribution in [0.25, 0.3) is 0 Å². The Morgan fingerprint density at radius 1 is 1.21 bits per heavy atom. The molecular formula is C22H29N3O4. The number of para-hydroxylation sites is 1. The fraction of sp³-hybridized carbons (Fsp3) is 0.591. The lowest BCUT2D eigenvalue weighted by molar-refractivity contribution is -0.142. The van der Waals surface area contributed by atoms with Crippen molar-refractivity contribution < 1.29 is 19.1 Å². The van der Waals surface area contributed by atoms with E-state index in [0.717, 1.165) is 25.8 Å². The van der Waals surface area contributed by atoms with E-state index in [1.54, 1.807) is 17.0 Å².